The molecule has 0 aliphatic rings. The molecule has 14 heavy (non-hydrogen) atoms. The van der Waals surface area contributed by atoms with Crippen molar-refractivity contribution < 1.29 is 0 Å². The van der Waals surface area contributed by atoms with Crippen LogP contribution in [0.25, 0.3) is 0 Å². The van der Waals surface area contributed by atoms with Crippen LogP contribution in [-0.2, 0) is 12.8 Å². The predicted molar refractivity (Wildman–Crippen MR) is 59.1 cm³/mol. The molecule has 0 saturated carbocycles. The molecule has 0 atom stereocenters. The monoisotopic (exact) mass is 193 g/mol. The zero-order chi connectivity index (χ0) is 10.7. The summed E-state index contributed by atoms with van der Waals surface area (Å²) >= 11 is 0. The number of anilines is 1. The first kappa shape index (κ1) is 11.0. The second-order valence-corrected chi connectivity index (χ2v) is 4.05. The van der Waals surface area contributed by atoms with Gasteiger partial charge in [0, 0.05) is 17.7 Å². The molecule has 0 radical (unpaired) electrons. The largest absolute Gasteiger partial charge is 0.383 e. The molecule has 0 aliphatic heterocycles. The third-order valence-electron chi connectivity index (χ3n) is 2.26. The summed E-state index contributed by atoms with van der Waals surface area (Å²) in [5.41, 5.74) is 7.93. The zero-order valence-electron chi connectivity index (χ0n) is 9.46. The van der Waals surface area contributed by atoms with Gasteiger partial charge < -0.3 is 5.73 Å². The maximum atomic E-state index is 5.82. The fraction of sp³-hybridized carbons (Fsp3) is 0.636. The fourth-order valence-corrected chi connectivity index (χ4v) is 1.44. The van der Waals surface area contributed by atoms with Crippen LogP contribution in [0.15, 0.2) is 0 Å². The molecule has 0 aromatic carbocycles. The maximum absolute atomic E-state index is 5.82. The van der Waals surface area contributed by atoms with E-state index in [1.807, 2.05) is 6.92 Å². The molecule has 1 heterocycles. The third kappa shape index (κ3) is 2.44. The highest BCUT2D eigenvalue weighted by atomic mass is 15.0. The van der Waals surface area contributed by atoms with Gasteiger partial charge in [-0.05, 0) is 19.3 Å². The van der Waals surface area contributed by atoms with E-state index in [0.29, 0.717) is 11.7 Å². The molecule has 1 aromatic rings. The van der Waals surface area contributed by atoms with Gasteiger partial charge in [0.1, 0.15) is 11.6 Å². The molecule has 2 N–H and O–H groups in total. The van der Waals surface area contributed by atoms with Crippen molar-refractivity contribution in [3.8, 4) is 0 Å². The lowest BCUT2D eigenvalue weighted by Crippen LogP contribution is -2.08. The van der Waals surface area contributed by atoms with Gasteiger partial charge in [0.15, 0.2) is 0 Å². The fourth-order valence-electron chi connectivity index (χ4n) is 1.44. The van der Waals surface area contributed by atoms with E-state index in [1.54, 1.807) is 0 Å². The Bertz CT molecular complexity index is 319. The Balaban J connectivity index is 3.03. The maximum Gasteiger partial charge on any atom is 0.131 e. The van der Waals surface area contributed by atoms with Crippen LogP contribution in [0.4, 0.5) is 5.82 Å². The highest BCUT2D eigenvalue weighted by Gasteiger charge is 2.08. The second-order valence-electron chi connectivity index (χ2n) is 4.05. The summed E-state index contributed by atoms with van der Waals surface area (Å²) in [6.07, 6.45) is 1.82. The number of rotatable bonds is 3. The van der Waals surface area contributed by atoms with Gasteiger partial charge in [-0.1, -0.05) is 20.8 Å². The molecule has 1 rings (SSSR count). The van der Waals surface area contributed by atoms with E-state index < -0.39 is 0 Å². The van der Waals surface area contributed by atoms with Gasteiger partial charge in [-0.3, -0.25) is 0 Å². The van der Waals surface area contributed by atoms with Crippen LogP contribution >= 0.6 is 0 Å². The lowest BCUT2D eigenvalue weighted by molar-refractivity contribution is 0.617. The molecule has 0 unspecified atom stereocenters. The number of aryl methyl sites for hydroxylation is 1. The van der Waals surface area contributed by atoms with E-state index in [4.69, 9.17) is 5.73 Å². The molecule has 0 bridgehead atoms. The van der Waals surface area contributed by atoms with Gasteiger partial charge in [-0.25, -0.2) is 9.97 Å². The summed E-state index contributed by atoms with van der Waals surface area (Å²) in [4.78, 5) is 8.79. The van der Waals surface area contributed by atoms with Crippen LogP contribution in [0.2, 0.25) is 0 Å². The van der Waals surface area contributed by atoms with Crippen molar-refractivity contribution >= 4 is 5.82 Å². The summed E-state index contributed by atoms with van der Waals surface area (Å²) in [5.74, 6) is 2.08. The smallest absolute Gasteiger partial charge is 0.131 e. The number of hydrogen-bond donors (Lipinski definition) is 1. The van der Waals surface area contributed by atoms with Crippen LogP contribution in [0.3, 0.4) is 0 Å². The Kier molecular flexibility index (Phi) is 3.44. The summed E-state index contributed by atoms with van der Waals surface area (Å²) in [5, 5.41) is 0. The highest BCUT2D eigenvalue weighted by molar-refractivity contribution is 5.41. The summed E-state index contributed by atoms with van der Waals surface area (Å²) in [7, 11) is 0. The van der Waals surface area contributed by atoms with Crippen LogP contribution in [-0.4, -0.2) is 9.97 Å². The molecule has 1 aromatic heterocycles. The van der Waals surface area contributed by atoms with Crippen molar-refractivity contribution in [2.24, 2.45) is 5.92 Å². The molecule has 78 valence electrons. The van der Waals surface area contributed by atoms with E-state index in [1.165, 1.54) is 0 Å². The van der Waals surface area contributed by atoms with Crippen molar-refractivity contribution in [3.05, 3.63) is 17.1 Å². The molecular formula is C11H19N3. The third-order valence-corrected chi connectivity index (χ3v) is 2.26. The molecule has 3 heteroatoms. The van der Waals surface area contributed by atoms with E-state index in [-0.39, 0.29) is 0 Å². The van der Waals surface area contributed by atoms with Gasteiger partial charge in [-0.2, -0.15) is 0 Å². The Labute approximate surface area is 85.8 Å². The van der Waals surface area contributed by atoms with Crippen molar-refractivity contribution in [2.45, 2.75) is 40.5 Å². The molecule has 0 amide bonds. The highest BCUT2D eigenvalue weighted by Crippen LogP contribution is 2.14. The molecular weight excluding hydrogens is 174 g/mol. The van der Waals surface area contributed by atoms with Gasteiger partial charge in [0.25, 0.3) is 0 Å². The first-order valence-corrected chi connectivity index (χ1v) is 5.16. The Morgan fingerprint density at radius 2 is 1.93 bits per heavy atom. The number of hydrogen-bond acceptors (Lipinski definition) is 3. The number of nitrogens with two attached hydrogens (primary N) is 1. The summed E-state index contributed by atoms with van der Waals surface area (Å²) in [6, 6.07) is 0. The minimum absolute atomic E-state index is 0.571. The Hall–Kier alpha value is -1.12. The number of nitrogens with zero attached hydrogens (tertiary/aromatic N) is 2. The minimum Gasteiger partial charge on any atom is -0.383 e. The van der Waals surface area contributed by atoms with Gasteiger partial charge >= 0.3 is 0 Å². The second kappa shape index (κ2) is 4.40. The standard InChI is InChI=1S/C11H19N3/c1-5-9-8(4)11(12)14-10(13-9)6-7(2)3/h7H,5-6H2,1-4H3,(H2,12,13,14). The topological polar surface area (TPSA) is 51.8 Å². The molecule has 0 aliphatic carbocycles. The number of nitrogen functional groups attached to an aromatic ring is 1. The Morgan fingerprint density at radius 3 is 2.43 bits per heavy atom. The molecule has 0 fully saturated rings. The van der Waals surface area contributed by atoms with Crippen molar-refractivity contribution in [3.63, 3.8) is 0 Å². The predicted octanol–water partition coefficient (Wildman–Crippen LogP) is 2.13. The van der Waals surface area contributed by atoms with E-state index in [0.717, 1.165) is 29.9 Å². The van der Waals surface area contributed by atoms with Crippen LogP contribution in [0, 0.1) is 12.8 Å². The van der Waals surface area contributed by atoms with Crippen LogP contribution in [0.5, 0.6) is 0 Å². The SMILES string of the molecule is CCc1nc(CC(C)C)nc(N)c1C. The molecule has 3 nitrogen and oxygen atoms in total. The lowest BCUT2D eigenvalue weighted by atomic mass is 10.1. The zero-order valence-corrected chi connectivity index (χ0v) is 9.46. The van der Waals surface area contributed by atoms with E-state index in [9.17, 15) is 0 Å². The molecule has 0 spiro atoms. The van der Waals surface area contributed by atoms with Gasteiger partial charge in [0.2, 0.25) is 0 Å². The summed E-state index contributed by atoms with van der Waals surface area (Å²) in [6.45, 7) is 8.39. The first-order chi connectivity index (χ1) is 6.54. The molecule has 0 saturated heterocycles. The van der Waals surface area contributed by atoms with E-state index >= 15 is 0 Å². The van der Waals surface area contributed by atoms with Gasteiger partial charge in [-0.15, -0.1) is 0 Å². The Morgan fingerprint density at radius 1 is 1.29 bits per heavy atom. The van der Waals surface area contributed by atoms with Crippen LogP contribution < -0.4 is 5.73 Å². The quantitative estimate of drug-likeness (QED) is 0.800. The van der Waals surface area contributed by atoms with Crippen molar-refractivity contribution in [1.29, 1.82) is 0 Å². The van der Waals surface area contributed by atoms with Crippen LogP contribution in [0.1, 0.15) is 37.9 Å². The summed E-state index contributed by atoms with van der Waals surface area (Å²) < 4.78 is 0. The minimum atomic E-state index is 0.571. The first-order valence-electron chi connectivity index (χ1n) is 5.16. The normalized spacial score (nSPS) is 10.9. The average molecular weight is 193 g/mol. The van der Waals surface area contributed by atoms with Crippen molar-refractivity contribution in [1.82, 2.24) is 9.97 Å². The van der Waals surface area contributed by atoms with Gasteiger partial charge in [0.05, 0.1) is 0 Å². The average Bonchev–Trinajstić information content (AvgIpc) is 2.10. The number of aromatic nitrogens is 2. The van der Waals surface area contributed by atoms with E-state index in [2.05, 4.69) is 30.7 Å². The lowest BCUT2D eigenvalue weighted by Gasteiger charge is -2.09. The van der Waals surface area contributed by atoms with Crippen molar-refractivity contribution in [2.75, 3.05) is 5.73 Å².